The van der Waals surface area contributed by atoms with Crippen LogP contribution in [0.25, 0.3) is 0 Å². The maximum atomic E-state index is 10.7. The molecule has 0 spiro atoms. The molecule has 0 saturated heterocycles. The number of rotatable bonds is 5. The Kier molecular flexibility index (Phi) is 4.33. The minimum Gasteiger partial charge on any atom is -0.381 e. The number of anilines is 1. The Morgan fingerprint density at radius 3 is 2.90 bits per heavy atom. The van der Waals surface area contributed by atoms with E-state index in [1.54, 1.807) is 17.4 Å². The molecule has 0 bridgehead atoms. The molecule has 1 aromatic carbocycles. The molecule has 5 nitrogen and oxygen atoms in total. The van der Waals surface area contributed by atoms with Crippen LogP contribution in [0.3, 0.4) is 0 Å². The van der Waals surface area contributed by atoms with Gasteiger partial charge in [-0.25, -0.2) is 0 Å². The van der Waals surface area contributed by atoms with Gasteiger partial charge in [0.15, 0.2) is 0 Å². The standard InChI is InChI=1S/C14H13N3O2S/c1-10(6-11-4-5-20-9-11)16-14-3-2-13(17(18)19)7-12(14)8-15/h2-5,7,9-10,16H,6H2,1H3. The molecule has 1 atom stereocenters. The Morgan fingerprint density at radius 2 is 2.30 bits per heavy atom. The Morgan fingerprint density at radius 1 is 1.50 bits per heavy atom. The molecule has 2 aromatic rings. The van der Waals surface area contributed by atoms with Crippen molar-refractivity contribution in [1.29, 1.82) is 5.26 Å². The SMILES string of the molecule is CC(Cc1ccsc1)Nc1ccc([N+](=O)[O-])cc1C#N. The van der Waals surface area contributed by atoms with Crippen molar-refractivity contribution >= 4 is 22.7 Å². The molecule has 0 fully saturated rings. The van der Waals surface area contributed by atoms with Crippen molar-refractivity contribution in [2.45, 2.75) is 19.4 Å². The van der Waals surface area contributed by atoms with Gasteiger partial charge in [-0.15, -0.1) is 0 Å². The highest BCUT2D eigenvalue weighted by Gasteiger charge is 2.12. The van der Waals surface area contributed by atoms with Gasteiger partial charge in [0.05, 0.1) is 16.2 Å². The van der Waals surface area contributed by atoms with Gasteiger partial charge in [0.25, 0.3) is 5.69 Å². The van der Waals surface area contributed by atoms with Gasteiger partial charge < -0.3 is 5.32 Å². The maximum absolute atomic E-state index is 10.7. The average Bonchev–Trinajstić information content (AvgIpc) is 2.91. The summed E-state index contributed by atoms with van der Waals surface area (Å²) in [5.41, 5.74) is 2.07. The number of nitriles is 1. The summed E-state index contributed by atoms with van der Waals surface area (Å²) in [6.07, 6.45) is 0.839. The summed E-state index contributed by atoms with van der Waals surface area (Å²) in [7, 11) is 0. The molecule has 0 aliphatic rings. The van der Waals surface area contributed by atoms with Crippen molar-refractivity contribution in [3.05, 3.63) is 56.3 Å². The number of hydrogen-bond donors (Lipinski definition) is 1. The van der Waals surface area contributed by atoms with E-state index in [9.17, 15) is 10.1 Å². The number of benzene rings is 1. The van der Waals surface area contributed by atoms with Crippen molar-refractivity contribution in [3.8, 4) is 6.07 Å². The van der Waals surface area contributed by atoms with Crippen LogP contribution in [-0.2, 0) is 6.42 Å². The Balaban J connectivity index is 2.12. The molecule has 0 amide bonds. The summed E-state index contributed by atoms with van der Waals surface area (Å²) in [4.78, 5) is 10.2. The van der Waals surface area contributed by atoms with E-state index in [0.717, 1.165) is 6.42 Å². The third kappa shape index (κ3) is 3.33. The third-order valence-corrected chi connectivity index (χ3v) is 3.59. The van der Waals surface area contributed by atoms with E-state index in [1.165, 1.54) is 17.7 Å². The molecule has 1 N–H and O–H groups in total. The lowest BCUT2D eigenvalue weighted by Crippen LogP contribution is -2.18. The summed E-state index contributed by atoms with van der Waals surface area (Å²) >= 11 is 1.65. The topological polar surface area (TPSA) is 79.0 Å². The largest absolute Gasteiger partial charge is 0.381 e. The van der Waals surface area contributed by atoms with Gasteiger partial charge in [0, 0.05) is 18.2 Å². The first-order valence-electron chi connectivity index (χ1n) is 6.06. The number of nitro groups is 1. The summed E-state index contributed by atoms with van der Waals surface area (Å²) in [6, 6.07) is 8.47. The highest BCUT2D eigenvalue weighted by Crippen LogP contribution is 2.22. The molecule has 0 aliphatic carbocycles. The van der Waals surface area contributed by atoms with Crippen molar-refractivity contribution in [1.82, 2.24) is 0 Å². The summed E-state index contributed by atoms with van der Waals surface area (Å²) in [5, 5.41) is 27.1. The van der Waals surface area contributed by atoms with Crippen LogP contribution >= 0.6 is 11.3 Å². The number of nitrogens with zero attached hydrogens (tertiary/aromatic N) is 2. The monoisotopic (exact) mass is 287 g/mol. The van der Waals surface area contributed by atoms with Crippen LogP contribution in [-0.4, -0.2) is 11.0 Å². The third-order valence-electron chi connectivity index (χ3n) is 2.86. The van der Waals surface area contributed by atoms with Crippen molar-refractivity contribution in [3.63, 3.8) is 0 Å². The molecular formula is C14H13N3O2S. The van der Waals surface area contributed by atoms with Gasteiger partial charge in [-0.2, -0.15) is 16.6 Å². The molecule has 102 valence electrons. The van der Waals surface area contributed by atoms with Gasteiger partial charge in [-0.05, 0) is 41.8 Å². The molecule has 1 heterocycles. The lowest BCUT2D eigenvalue weighted by molar-refractivity contribution is -0.384. The quantitative estimate of drug-likeness (QED) is 0.673. The first kappa shape index (κ1) is 14.0. The molecule has 20 heavy (non-hydrogen) atoms. The van der Waals surface area contributed by atoms with E-state index < -0.39 is 4.92 Å². The number of non-ortho nitro benzene ring substituents is 1. The van der Waals surface area contributed by atoms with Gasteiger partial charge >= 0.3 is 0 Å². The van der Waals surface area contributed by atoms with Crippen LogP contribution in [0, 0.1) is 21.4 Å². The zero-order valence-corrected chi connectivity index (χ0v) is 11.7. The fourth-order valence-electron chi connectivity index (χ4n) is 1.94. The van der Waals surface area contributed by atoms with Crippen molar-refractivity contribution in [2.75, 3.05) is 5.32 Å². The minimum atomic E-state index is -0.501. The minimum absolute atomic E-state index is 0.0717. The first-order valence-corrected chi connectivity index (χ1v) is 7.00. The maximum Gasteiger partial charge on any atom is 0.270 e. The average molecular weight is 287 g/mol. The van der Waals surface area contributed by atoms with Crippen LogP contribution in [0.2, 0.25) is 0 Å². The highest BCUT2D eigenvalue weighted by molar-refractivity contribution is 7.07. The first-order chi connectivity index (χ1) is 9.60. The number of hydrogen-bond acceptors (Lipinski definition) is 5. The fraction of sp³-hybridized carbons (Fsp3) is 0.214. The van der Waals surface area contributed by atoms with Gasteiger partial charge in [0.2, 0.25) is 0 Å². The van der Waals surface area contributed by atoms with E-state index in [4.69, 9.17) is 5.26 Å². The molecule has 0 aliphatic heterocycles. The molecule has 1 aromatic heterocycles. The summed E-state index contributed by atoms with van der Waals surface area (Å²) in [6.45, 7) is 2.01. The molecule has 0 radical (unpaired) electrons. The summed E-state index contributed by atoms with van der Waals surface area (Å²) < 4.78 is 0. The van der Waals surface area contributed by atoms with Crippen molar-refractivity contribution in [2.24, 2.45) is 0 Å². The molecule has 6 heteroatoms. The van der Waals surface area contributed by atoms with E-state index in [-0.39, 0.29) is 17.3 Å². The zero-order chi connectivity index (χ0) is 14.5. The molecule has 1 unspecified atom stereocenters. The molecular weight excluding hydrogens is 274 g/mol. The zero-order valence-electron chi connectivity index (χ0n) is 10.9. The Labute approximate surface area is 120 Å². The molecule has 2 rings (SSSR count). The normalized spacial score (nSPS) is 11.6. The molecule has 0 saturated carbocycles. The van der Waals surface area contributed by atoms with Crippen LogP contribution in [0.15, 0.2) is 35.0 Å². The lowest BCUT2D eigenvalue weighted by atomic mass is 10.1. The van der Waals surface area contributed by atoms with E-state index in [0.29, 0.717) is 5.69 Å². The Hall–Kier alpha value is -2.39. The number of nitrogens with one attached hydrogen (secondary N) is 1. The predicted octanol–water partition coefficient (Wildman–Crippen LogP) is 3.57. The van der Waals surface area contributed by atoms with Crippen LogP contribution in [0.5, 0.6) is 0 Å². The smallest absolute Gasteiger partial charge is 0.270 e. The van der Waals surface area contributed by atoms with E-state index in [2.05, 4.69) is 16.8 Å². The highest BCUT2D eigenvalue weighted by atomic mass is 32.1. The lowest BCUT2D eigenvalue weighted by Gasteiger charge is -2.15. The van der Waals surface area contributed by atoms with E-state index >= 15 is 0 Å². The van der Waals surface area contributed by atoms with Gasteiger partial charge in [-0.1, -0.05) is 0 Å². The predicted molar refractivity (Wildman–Crippen MR) is 78.9 cm³/mol. The number of thiophene rings is 1. The second kappa shape index (κ2) is 6.17. The van der Waals surface area contributed by atoms with E-state index in [1.807, 2.05) is 18.4 Å². The van der Waals surface area contributed by atoms with Gasteiger partial charge in [-0.3, -0.25) is 10.1 Å². The van der Waals surface area contributed by atoms with Gasteiger partial charge in [0.1, 0.15) is 6.07 Å². The fourth-order valence-corrected chi connectivity index (χ4v) is 2.62. The second-order valence-electron chi connectivity index (χ2n) is 4.48. The number of nitro benzene ring substituents is 1. The second-order valence-corrected chi connectivity index (χ2v) is 5.26. The van der Waals surface area contributed by atoms with Crippen molar-refractivity contribution < 1.29 is 4.92 Å². The summed E-state index contributed by atoms with van der Waals surface area (Å²) in [5.74, 6) is 0. The van der Waals surface area contributed by atoms with Crippen LogP contribution < -0.4 is 5.32 Å². The van der Waals surface area contributed by atoms with Crippen LogP contribution in [0.1, 0.15) is 18.1 Å². The Bertz CT molecular complexity index is 647. The van der Waals surface area contributed by atoms with Crippen LogP contribution in [0.4, 0.5) is 11.4 Å².